The van der Waals surface area contributed by atoms with E-state index in [1.165, 1.54) is 11.4 Å². The minimum atomic E-state index is 0.848. The molecule has 0 saturated carbocycles. The molecule has 0 amide bonds. The van der Waals surface area contributed by atoms with Crippen molar-refractivity contribution in [2.24, 2.45) is 0 Å². The Morgan fingerprint density at radius 2 is 2.40 bits per heavy atom. The van der Waals surface area contributed by atoms with Gasteiger partial charge in [0.05, 0.1) is 11.4 Å². The summed E-state index contributed by atoms with van der Waals surface area (Å²) in [6, 6.07) is 0. The van der Waals surface area contributed by atoms with Crippen LogP contribution in [-0.2, 0) is 13.0 Å². The van der Waals surface area contributed by atoms with Gasteiger partial charge in [0, 0.05) is 19.5 Å². The standard InChI is InChI=1S/C6H8BrN3/c7-6-9-4-1-2-8-3-5(4)10-6/h8H,1-3H2,(H,9,10). The highest BCUT2D eigenvalue weighted by Crippen LogP contribution is 2.13. The summed E-state index contributed by atoms with van der Waals surface area (Å²) in [4.78, 5) is 7.41. The number of hydrogen-bond donors (Lipinski definition) is 2. The zero-order chi connectivity index (χ0) is 6.97. The van der Waals surface area contributed by atoms with Crippen LogP contribution in [0.4, 0.5) is 0 Å². The van der Waals surface area contributed by atoms with Crippen molar-refractivity contribution in [1.82, 2.24) is 15.3 Å². The Kier molecular flexibility index (Phi) is 1.50. The number of aromatic nitrogens is 2. The first-order valence-electron chi connectivity index (χ1n) is 3.30. The van der Waals surface area contributed by atoms with Crippen LogP contribution >= 0.6 is 15.9 Å². The molecule has 0 radical (unpaired) electrons. The Morgan fingerprint density at radius 1 is 1.50 bits per heavy atom. The summed E-state index contributed by atoms with van der Waals surface area (Å²) in [6.45, 7) is 1.97. The van der Waals surface area contributed by atoms with Gasteiger partial charge in [0.2, 0.25) is 0 Å². The average Bonchev–Trinajstić information content (AvgIpc) is 2.27. The Hall–Kier alpha value is -0.350. The molecule has 4 heteroatoms. The molecule has 0 aliphatic carbocycles. The molecule has 0 unspecified atom stereocenters. The van der Waals surface area contributed by atoms with Crippen LogP contribution in [0.25, 0.3) is 0 Å². The zero-order valence-electron chi connectivity index (χ0n) is 5.45. The fraction of sp³-hybridized carbons (Fsp3) is 0.500. The SMILES string of the molecule is Brc1nc2c([nH]1)CNCC2. The van der Waals surface area contributed by atoms with Gasteiger partial charge in [-0.05, 0) is 15.9 Å². The first-order chi connectivity index (χ1) is 4.86. The summed E-state index contributed by atoms with van der Waals surface area (Å²) < 4.78 is 0.848. The summed E-state index contributed by atoms with van der Waals surface area (Å²) in [6.07, 6.45) is 1.04. The number of aromatic amines is 1. The number of nitrogens with one attached hydrogen (secondary N) is 2. The molecular formula is C6H8BrN3. The molecule has 0 saturated heterocycles. The Balaban J connectivity index is 2.41. The van der Waals surface area contributed by atoms with Gasteiger partial charge in [0.25, 0.3) is 0 Å². The zero-order valence-corrected chi connectivity index (χ0v) is 7.03. The molecule has 2 heterocycles. The molecule has 3 nitrogen and oxygen atoms in total. The van der Waals surface area contributed by atoms with Gasteiger partial charge < -0.3 is 10.3 Å². The lowest BCUT2D eigenvalue weighted by Crippen LogP contribution is -2.23. The summed E-state index contributed by atoms with van der Waals surface area (Å²) in [5.74, 6) is 0. The first-order valence-corrected chi connectivity index (χ1v) is 4.09. The number of nitrogens with zero attached hydrogens (tertiary/aromatic N) is 1. The van der Waals surface area contributed by atoms with Crippen molar-refractivity contribution in [2.75, 3.05) is 6.54 Å². The summed E-state index contributed by atoms with van der Waals surface area (Å²) in [7, 11) is 0. The number of imidazole rings is 1. The van der Waals surface area contributed by atoms with Gasteiger partial charge in [-0.3, -0.25) is 0 Å². The monoisotopic (exact) mass is 201 g/mol. The third-order valence-corrected chi connectivity index (χ3v) is 2.05. The van der Waals surface area contributed by atoms with E-state index in [2.05, 4.69) is 31.2 Å². The van der Waals surface area contributed by atoms with E-state index in [0.717, 1.165) is 24.2 Å². The van der Waals surface area contributed by atoms with Crippen LogP contribution in [0.15, 0.2) is 4.73 Å². The lowest BCUT2D eigenvalue weighted by Gasteiger charge is -2.09. The Morgan fingerprint density at radius 3 is 3.20 bits per heavy atom. The van der Waals surface area contributed by atoms with Gasteiger partial charge in [-0.1, -0.05) is 0 Å². The molecule has 0 bridgehead atoms. The molecule has 1 aliphatic rings. The molecule has 2 N–H and O–H groups in total. The highest BCUT2D eigenvalue weighted by atomic mass is 79.9. The van der Waals surface area contributed by atoms with Crippen molar-refractivity contribution in [3.8, 4) is 0 Å². The van der Waals surface area contributed by atoms with Crippen LogP contribution in [0.1, 0.15) is 11.4 Å². The Labute approximate surface area is 67.4 Å². The van der Waals surface area contributed by atoms with Crippen molar-refractivity contribution in [3.63, 3.8) is 0 Å². The smallest absolute Gasteiger partial charge is 0.174 e. The van der Waals surface area contributed by atoms with Crippen LogP contribution < -0.4 is 5.32 Å². The van der Waals surface area contributed by atoms with E-state index in [9.17, 15) is 0 Å². The second-order valence-corrected chi connectivity index (χ2v) is 3.13. The van der Waals surface area contributed by atoms with E-state index in [1.807, 2.05) is 0 Å². The number of rotatable bonds is 0. The van der Waals surface area contributed by atoms with E-state index in [-0.39, 0.29) is 0 Å². The minimum absolute atomic E-state index is 0.848. The fourth-order valence-corrected chi connectivity index (χ4v) is 1.64. The van der Waals surface area contributed by atoms with Crippen LogP contribution in [0.5, 0.6) is 0 Å². The Bertz CT molecular complexity index is 220. The van der Waals surface area contributed by atoms with Crippen molar-refractivity contribution < 1.29 is 0 Å². The second kappa shape index (κ2) is 2.36. The molecule has 0 spiro atoms. The van der Waals surface area contributed by atoms with E-state index >= 15 is 0 Å². The molecule has 1 aliphatic heterocycles. The quantitative estimate of drug-likeness (QED) is 0.653. The van der Waals surface area contributed by atoms with Gasteiger partial charge in [0.15, 0.2) is 4.73 Å². The molecule has 0 aromatic carbocycles. The fourth-order valence-electron chi connectivity index (χ4n) is 1.18. The predicted molar refractivity (Wildman–Crippen MR) is 41.7 cm³/mol. The first kappa shape index (κ1) is 6.37. The van der Waals surface area contributed by atoms with Crippen LogP contribution in [-0.4, -0.2) is 16.5 Å². The van der Waals surface area contributed by atoms with Crippen LogP contribution in [0.3, 0.4) is 0 Å². The normalized spacial score (nSPS) is 16.9. The third-order valence-electron chi connectivity index (χ3n) is 1.68. The van der Waals surface area contributed by atoms with Gasteiger partial charge in [-0.15, -0.1) is 0 Å². The number of halogens is 1. The van der Waals surface area contributed by atoms with E-state index in [1.54, 1.807) is 0 Å². The van der Waals surface area contributed by atoms with Crippen molar-refractivity contribution in [3.05, 3.63) is 16.1 Å². The molecule has 54 valence electrons. The molecule has 10 heavy (non-hydrogen) atoms. The maximum absolute atomic E-state index is 4.27. The molecule has 1 aromatic heterocycles. The van der Waals surface area contributed by atoms with Crippen molar-refractivity contribution in [2.45, 2.75) is 13.0 Å². The van der Waals surface area contributed by atoms with Gasteiger partial charge >= 0.3 is 0 Å². The van der Waals surface area contributed by atoms with Crippen LogP contribution in [0, 0.1) is 0 Å². The summed E-state index contributed by atoms with van der Waals surface area (Å²) >= 11 is 3.30. The maximum atomic E-state index is 4.27. The third kappa shape index (κ3) is 0.973. The van der Waals surface area contributed by atoms with Crippen molar-refractivity contribution >= 4 is 15.9 Å². The summed E-state index contributed by atoms with van der Waals surface area (Å²) in [5, 5.41) is 3.26. The largest absolute Gasteiger partial charge is 0.335 e. The average molecular weight is 202 g/mol. The molecule has 1 aromatic rings. The lowest BCUT2D eigenvalue weighted by atomic mass is 10.2. The van der Waals surface area contributed by atoms with Crippen LogP contribution in [0.2, 0.25) is 0 Å². The highest BCUT2D eigenvalue weighted by Gasteiger charge is 2.11. The molecule has 0 atom stereocenters. The van der Waals surface area contributed by atoms with E-state index in [4.69, 9.17) is 0 Å². The van der Waals surface area contributed by atoms with Gasteiger partial charge in [0.1, 0.15) is 0 Å². The van der Waals surface area contributed by atoms with Crippen molar-refractivity contribution in [1.29, 1.82) is 0 Å². The van der Waals surface area contributed by atoms with Gasteiger partial charge in [-0.25, -0.2) is 4.98 Å². The minimum Gasteiger partial charge on any atom is -0.335 e. The number of hydrogen-bond acceptors (Lipinski definition) is 2. The number of fused-ring (bicyclic) bond motifs is 1. The maximum Gasteiger partial charge on any atom is 0.174 e. The molecule has 2 rings (SSSR count). The summed E-state index contributed by atoms with van der Waals surface area (Å²) in [5.41, 5.74) is 2.42. The van der Waals surface area contributed by atoms with E-state index in [0.29, 0.717) is 0 Å². The molecule has 0 fully saturated rings. The topological polar surface area (TPSA) is 40.7 Å². The van der Waals surface area contributed by atoms with E-state index < -0.39 is 0 Å². The molecular weight excluding hydrogens is 194 g/mol. The predicted octanol–water partition coefficient (Wildman–Crippen LogP) is 0.818. The highest BCUT2D eigenvalue weighted by molar-refractivity contribution is 9.10. The lowest BCUT2D eigenvalue weighted by molar-refractivity contribution is 0.627. The second-order valence-electron chi connectivity index (χ2n) is 2.38. The number of H-pyrrole nitrogens is 1. The van der Waals surface area contributed by atoms with Gasteiger partial charge in [-0.2, -0.15) is 0 Å².